The Morgan fingerprint density at radius 2 is 2.14 bits per heavy atom. The van der Waals surface area contributed by atoms with Crippen molar-refractivity contribution >= 4 is 0 Å². The first-order valence-corrected chi connectivity index (χ1v) is 7.93. The van der Waals surface area contributed by atoms with Crippen molar-refractivity contribution in [3.05, 3.63) is 12.2 Å². The maximum atomic E-state index is 14.4. The van der Waals surface area contributed by atoms with E-state index in [1.807, 2.05) is 6.92 Å². The minimum atomic E-state index is -1.79. The summed E-state index contributed by atoms with van der Waals surface area (Å²) in [4.78, 5) is 0. The van der Waals surface area contributed by atoms with Crippen molar-refractivity contribution in [1.82, 2.24) is 0 Å². The molecule has 0 N–H and O–H groups in total. The van der Waals surface area contributed by atoms with Crippen LogP contribution in [0.3, 0.4) is 0 Å². The molecule has 2 bridgehead atoms. The first-order valence-electron chi connectivity index (χ1n) is 7.93. The molecule has 0 aromatic rings. The lowest BCUT2D eigenvalue weighted by molar-refractivity contribution is -0.318. The molecule has 3 rings (SSSR count). The topological polar surface area (TPSA) is 27.7 Å². The molecule has 1 saturated carbocycles. The third-order valence-corrected chi connectivity index (χ3v) is 5.03. The summed E-state index contributed by atoms with van der Waals surface area (Å²) >= 11 is 0. The number of ether oxygens (including phenoxy) is 3. The lowest BCUT2D eigenvalue weighted by atomic mass is 9.87. The molecule has 21 heavy (non-hydrogen) atoms. The molecule has 3 aliphatic rings. The average molecular weight is 302 g/mol. The van der Waals surface area contributed by atoms with Crippen molar-refractivity contribution in [3.63, 3.8) is 0 Å². The second-order valence-electron chi connectivity index (χ2n) is 6.39. The summed E-state index contributed by atoms with van der Waals surface area (Å²) in [5.74, 6) is -0.458. The third-order valence-electron chi connectivity index (χ3n) is 5.03. The van der Waals surface area contributed by atoms with Gasteiger partial charge in [0, 0.05) is 13.0 Å². The van der Waals surface area contributed by atoms with E-state index in [1.165, 1.54) is 0 Å². The van der Waals surface area contributed by atoms with Gasteiger partial charge in [0.25, 0.3) is 0 Å². The van der Waals surface area contributed by atoms with Gasteiger partial charge in [-0.2, -0.15) is 0 Å². The average Bonchev–Trinajstić information content (AvgIpc) is 3.14. The first-order chi connectivity index (χ1) is 10.1. The summed E-state index contributed by atoms with van der Waals surface area (Å²) < 4.78 is 44.4. The van der Waals surface area contributed by atoms with Gasteiger partial charge < -0.3 is 14.2 Å². The number of hydrogen-bond donors (Lipinski definition) is 0. The number of allylic oxidation sites excluding steroid dienone is 2. The van der Waals surface area contributed by atoms with Crippen molar-refractivity contribution in [2.45, 2.75) is 57.5 Å². The molecule has 7 atom stereocenters. The molecule has 1 aliphatic heterocycles. The van der Waals surface area contributed by atoms with Crippen LogP contribution in [0.2, 0.25) is 0 Å². The fourth-order valence-corrected chi connectivity index (χ4v) is 4.07. The first kappa shape index (κ1) is 15.4. The van der Waals surface area contributed by atoms with Gasteiger partial charge >= 0.3 is 0 Å². The maximum absolute atomic E-state index is 14.4. The SMILES string of the molecule is CCOC(C)OC1(CF)OC(C2CC3C=CC2C3)CC1F. The predicted molar refractivity (Wildman–Crippen MR) is 74.1 cm³/mol. The van der Waals surface area contributed by atoms with Gasteiger partial charge in [0.1, 0.15) is 6.67 Å². The van der Waals surface area contributed by atoms with Crippen molar-refractivity contribution in [3.8, 4) is 0 Å². The van der Waals surface area contributed by atoms with Crippen molar-refractivity contribution in [2.24, 2.45) is 17.8 Å². The van der Waals surface area contributed by atoms with Gasteiger partial charge in [-0.25, -0.2) is 8.78 Å². The van der Waals surface area contributed by atoms with Crippen LogP contribution in [0.1, 0.15) is 33.1 Å². The minimum Gasteiger partial charge on any atom is -0.353 e. The highest BCUT2D eigenvalue weighted by atomic mass is 19.1. The Bertz CT molecular complexity index is 403. The van der Waals surface area contributed by atoms with Gasteiger partial charge in [-0.3, -0.25) is 0 Å². The van der Waals surface area contributed by atoms with Crippen molar-refractivity contribution in [1.29, 1.82) is 0 Å². The molecule has 0 aromatic heterocycles. The highest BCUT2D eigenvalue weighted by Crippen LogP contribution is 2.50. The zero-order valence-electron chi connectivity index (χ0n) is 12.6. The highest BCUT2D eigenvalue weighted by Gasteiger charge is 2.56. The van der Waals surface area contributed by atoms with Crippen molar-refractivity contribution < 1.29 is 23.0 Å². The van der Waals surface area contributed by atoms with E-state index in [4.69, 9.17) is 14.2 Å². The zero-order chi connectivity index (χ0) is 15.0. The molecule has 2 aliphatic carbocycles. The second-order valence-corrected chi connectivity index (χ2v) is 6.39. The Kier molecular flexibility index (Phi) is 4.35. The molecular formula is C16H24F2O3. The van der Waals surface area contributed by atoms with E-state index >= 15 is 0 Å². The molecule has 3 nitrogen and oxygen atoms in total. The molecule has 120 valence electrons. The molecule has 5 heteroatoms. The Hall–Kier alpha value is -0.520. The summed E-state index contributed by atoms with van der Waals surface area (Å²) in [6.07, 6.45) is 4.41. The molecule has 0 spiro atoms. The van der Waals surface area contributed by atoms with Crippen LogP contribution in [0.4, 0.5) is 8.78 Å². The van der Waals surface area contributed by atoms with Crippen LogP contribution in [0, 0.1) is 17.8 Å². The number of alkyl halides is 2. The van der Waals surface area contributed by atoms with E-state index in [0.29, 0.717) is 18.4 Å². The third kappa shape index (κ3) is 2.76. The Labute approximate surface area is 124 Å². The van der Waals surface area contributed by atoms with Gasteiger partial charge in [0.15, 0.2) is 12.5 Å². The van der Waals surface area contributed by atoms with Gasteiger partial charge in [0.05, 0.1) is 6.10 Å². The molecule has 1 heterocycles. The van der Waals surface area contributed by atoms with E-state index < -0.39 is 24.9 Å². The molecule has 0 aromatic carbocycles. The second kappa shape index (κ2) is 5.94. The van der Waals surface area contributed by atoms with Crippen LogP contribution >= 0.6 is 0 Å². The van der Waals surface area contributed by atoms with E-state index in [2.05, 4.69) is 12.2 Å². The summed E-state index contributed by atoms with van der Waals surface area (Å²) in [5, 5.41) is 0. The molecular weight excluding hydrogens is 278 g/mol. The van der Waals surface area contributed by atoms with Crippen LogP contribution in [0.15, 0.2) is 12.2 Å². The smallest absolute Gasteiger partial charge is 0.231 e. The predicted octanol–water partition coefficient (Wildman–Crippen LogP) is 3.39. The van der Waals surface area contributed by atoms with Crippen LogP contribution in [0.5, 0.6) is 0 Å². The number of fused-ring (bicyclic) bond motifs is 2. The lowest BCUT2D eigenvalue weighted by Gasteiger charge is -2.32. The normalized spacial score (nSPS) is 46.4. The van der Waals surface area contributed by atoms with E-state index in [9.17, 15) is 8.78 Å². The molecule has 1 saturated heterocycles. The number of rotatable bonds is 6. The molecule has 0 amide bonds. The highest BCUT2D eigenvalue weighted by molar-refractivity contribution is 5.12. The monoisotopic (exact) mass is 302 g/mol. The van der Waals surface area contributed by atoms with Gasteiger partial charge in [0.2, 0.25) is 5.79 Å². The Morgan fingerprint density at radius 1 is 1.33 bits per heavy atom. The fourth-order valence-electron chi connectivity index (χ4n) is 4.07. The standard InChI is InChI=1S/C16H24F2O3/c1-3-19-10(2)20-16(9-17)15(18)8-14(21-16)13-7-11-4-5-12(13)6-11/h4-5,10-15H,3,6-9H2,1-2H3. The quantitative estimate of drug-likeness (QED) is 0.556. The van der Waals surface area contributed by atoms with Crippen LogP contribution in [-0.4, -0.2) is 37.6 Å². The molecule has 0 radical (unpaired) electrons. The van der Waals surface area contributed by atoms with E-state index in [0.717, 1.165) is 12.8 Å². The minimum absolute atomic E-state index is 0.213. The summed E-state index contributed by atoms with van der Waals surface area (Å²) in [6.45, 7) is 2.90. The van der Waals surface area contributed by atoms with E-state index in [1.54, 1.807) is 6.92 Å². The largest absolute Gasteiger partial charge is 0.353 e. The maximum Gasteiger partial charge on any atom is 0.231 e. The van der Waals surface area contributed by atoms with Crippen molar-refractivity contribution in [2.75, 3.05) is 13.3 Å². The summed E-state index contributed by atoms with van der Waals surface area (Å²) in [6, 6.07) is 0. The number of halogens is 2. The molecule has 2 fully saturated rings. The van der Waals surface area contributed by atoms with Crippen LogP contribution in [-0.2, 0) is 14.2 Å². The summed E-state index contributed by atoms with van der Waals surface area (Å²) in [5.41, 5.74) is 0. The van der Waals surface area contributed by atoms with Crippen LogP contribution < -0.4 is 0 Å². The van der Waals surface area contributed by atoms with E-state index in [-0.39, 0.29) is 18.4 Å². The summed E-state index contributed by atoms with van der Waals surface area (Å²) in [7, 11) is 0. The number of hydrogen-bond acceptors (Lipinski definition) is 3. The lowest BCUT2D eigenvalue weighted by Crippen LogP contribution is -2.46. The van der Waals surface area contributed by atoms with Gasteiger partial charge in [-0.1, -0.05) is 12.2 Å². The Balaban J connectivity index is 1.67. The fraction of sp³-hybridized carbons (Fsp3) is 0.875. The van der Waals surface area contributed by atoms with Gasteiger partial charge in [-0.05, 0) is 44.4 Å². The Morgan fingerprint density at radius 3 is 2.71 bits per heavy atom. The van der Waals surface area contributed by atoms with Gasteiger partial charge in [-0.15, -0.1) is 0 Å². The zero-order valence-corrected chi connectivity index (χ0v) is 12.6. The molecule has 7 unspecified atom stereocenters. The van der Waals surface area contributed by atoms with Crippen LogP contribution in [0.25, 0.3) is 0 Å².